The molecule has 1 aromatic carbocycles. The molecule has 0 aromatic heterocycles. The topological polar surface area (TPSA) is 0 Å². The smallest absolute Gasteiger partial charge is 0.0576 e. The van der Waals surface area contributed by atoms with Crippen molar-refractivity contribution in [2.24, 2.45) is 28.1 Å². The van der Waals surface area contributed by atoms with E-state index in [9.17, 15) is 0 Å². The Morgan fingerprint density at radius 3 is 2.19 bits per heavy atom. The predicted octanol–water partition coefficient (Wildman–Crippen LogP) is 4.50. The van der Waals surface area contributed by atoms with Crippen LogP contribution in [0.3, 0.4) is 0 Å². The number of hydrogen-bond acceptors (Lipinski definition) is 0. The molecule has 21 heavy (non-hydrogen) atoms. The highest BCUT2D eigenvalue weighted by molar-refractivity contribution is 5.61. The van der Waals surface area contributed by atoms with Gasteiger partial charge in [0, 0.05) is 11.0 Å². The summed E-state index contributed by atoms with van der Waals surface area (Å²) in [5.41, 5.74) is 1.79. The third-order valence-corrected chi connectivity index (χ3v) is 5.53. The standard InChI is InChI=1S/C21H22/c1-19(2,3)14-15-21-17-10-7-11-18(21)20(17,21)13-12-16-8-5-4-6-9-16/h4-6,8-9,17-18H,7,10-11H2,1-3H3. The van der Waals surface area contributed by atoms with Crippen molar-refractivity contribution in [2.45, 2.75) is 40.0 Å². The molecule has 3 aliphatic carbocycles. The molecular formula is C21H22. The van der Waals surface area contributed by atoms with Gasteiger partial charge in [0.15, 0.2) is 0 Å². The number of rotatable bonds is 0. The summed E-state index contributed by atoms with van der Waals surface area (Å²) < 4.78 is 0. The van der Waals surface area contributed by atoms with E-state index in [2.05, 4.69) is 68.7 Å². The molecule has 3 fully saturated rings. The maximum Gasteiger partial charge on any atom is 0.0576 e. The largest absolute Gasteiger partial charge is 0.0967 e. The van der Waals surface area contributed by atoms with Crippen LogP contribution in [-0.2, 0) is 0 Å². The molecule has 1 aromatic rings. The van der Waals surface area contributed by atoms with Gasteiger partial charge in [-0.15, -0.1) is 0 Å². The second-order valence-electron chi connectivity index (χ2n) is 7.89. The van der Waals surface area contributed by atoms with Gasteiger partial charge in [0.05, 0.1) is 10.8 Å². The number of fused-ring (bicyclic) bond motifs is 2. The Morgan fingerprint density at radius 1 is 0.952 bits per heavy atom. The van der Waals surface area contributed by atoms with E-state index in [1.54, 1.807) is 0 Å². The summed E-state index contributed by atoms with van der Waals surface area (Å²) in [6.07, 6.45) is 4.04. The molecule has 3 aliphatic rings. The lowest BCUT2D eigenvalue weighted by Crippen LogP contribution is -2.18. The van der Waals surface area contributed by atoms with Gasteiger partial charge < -0.3 is 0 Å². The third-order valence-electron chi connectivity index (χ3n) is 5.53. The Morgan fingerprint density at radius 2 is 1.57 bits per heavy atom. The van der Waals surface area contributed by atoms with Gasteiger partial charge in [-0.05, 0) is 57.6 Å². The maximum atomic E-state index is 3.67. The van der Waals surface area contributed by atoms with Crippen molar-refractivity contribution in [1.82, 2.24) is 0 Å². The van der Waals surface area contributed by atoms with Crippen molar-refractivity contribution >= 4 is 0 Å². The van der Waals surface area contributed by atoms with Crippen LogP contribution in [-0.4, -0.2) is 0 Å². The van der Waals surface area contributed by atoms with Crippen LogP contribution in [0.25, 0.3) is 0 Å². The second-order valence-corrected chi connectivity index (χ2v) is 7.89. The van der Waals surface area contributed by atoms with Gasteiger partial charge in [0.25, 0.3) is 0 Å². The molecule has 3 saturated carbocycles. The van der Waals surface area contributed by atoms with Crippen molar-refractivity contribution < 1.29 is 0 Å². The van der Waals surface area contributed by atoms with E-state index >= 15 is 0 Å². The summed E-state index contributed by atoms with van der Waals surface area (Å²) in [7, 11) is 0. The molecule has 0 heterocycles. The quantitative estimate of drug-likeness (QED) is 0.611. The summed E-state index contributed by atoms with van der Waals surface area (Å²) in [5.74, 6) is 15.8. The minimum atomic E-state index is 0.104. The number of benzene rings is 1. The lowest BCUT2D eigenvalue weighted by atomic mass is 9.79. The van der Waals surface area contributed by atoms with Crippen LogP contribution in [0.1, 0.15) is 45.6 Å². The molecule has 2 atom stereocenters. The summed E-state index contributed by atoms with van der Waals surface area (Å²) in [5, 5.41) is 0. The molecule has 0 bridgehead atoms. The first kappa shape index (κ1) is 13.0. The summed E-state index contributed by atoms with van der Waals surface area (Å²) in [4.78, 5) is 0. The summed E-state index contributed by atoms with van der Waals surface area (Å²) >= 11 is 0. The Balaban J connectivity index is 1.65. The zero-order chi connectivity index (χ0) is 14.7. The molecule has 2 unspecified atom stereocenters. The van der Waals surface area contributed by atoms with Crippen molar-refractivity contribution in [3.63, 3.8) is 0 Å². The van der Waals surface area contributed by atoms with E-state index in [0.29, 0.717) is 0 Å². The van der Waals surface area contributed by atoms with Crippen LogP contribution >= 0.6 is 0 Å². The van der Waals surface area contributed by atoms with Gasteiger partial charge in [-0.2, -0.15) is 0 Å². The highest BCUT2D eigenvalue weighted by Crippen LogP contribution is 2.97. The van der Waals surface area contributed by atoms with E-state index in [4.69, 9.17) is 0 Å². The Bertz CT molecular complexity index is 682. The van der Waals surface area contributed by atoms with Crippen molar-refractivity contribution in [3.8, 4) is 23.7 Å². The third kappa shape index (κ3) is 1.66. The van der Waals surface area contributed by atoms with E-state index < -0.39 is 0 Å². The van der Waals surface area contributed by atoms with Crippen LogP contribution in [0, 0.1) is 51.8 Å². The minimum absolute atomic E-state index is 0.104. The van der Waals surface area contributed by atoms with E-state index in [1.807, 2.05) is 6.07 Å². The SMILES string of the molecule is CC(C)(C)C#CC12C3CCCC1C32C#Cc1ccccc1. The Kier molecular flexibility index (Phi) is 2.45. The number of hydrogen-bond donors (Lipinski definition) is 0. The molecule has 0 aliphatic heterocycles. The van der Waals surface area contributed by atoms with Crippen LogP contribution in [0.15, 0.2) is 30.3 Å². The van der Waals surface area contributed by atoms with E-state index in [0.717, 1.165) is 17.4 Å². The molecule has 0 N–H and O–H groups in total. The summed E-state index contributed by atoms with van der Waals surface area (Å²) in [6.45, 7) is 6.61. The Labute approximate surface area is 128 Å². The average molecular weight is 274 g/mol. The minimum Gasteiger partial charge on any atom is -0.0967 e. The molecule has 4 rings (SSSR count). The van der Waals surface area contributed by atoms with Crippen molar-refractivity contribution in [2.75, 3.05) is 0 Å². The molecule has 0 saturated heterocycles. The lowest BCUT2D eigenvalue weighted by molar-refractivity contribution is 0.282. The maximum absolute atomic E-state index is 3.67. The zero-order valence-corrected chi connectivity index (χ0v) is 13.2. The fraction of sp³-hybridized carbons (Fsp3) is 0.524. The molecule has 0 heteroatoms. The van der Waals surface area contributed by atoms with Crippen molar-refractivity contribution in [1.29, 1.82) is 0 Å². The first-order valence-electron chi connectivity index (χ1n) is 8.13. The van der Waals surface area contributed by atoms with Crippen LogP contribution < -0.4 is 0 Å². The van der Waals surface area contributed by atoms with Crippen LogP contribution in [0.5, 0.6) is 0 Å². The molecular weight excluding hydrogens is 252 g/mol. The zero-order valence-electron chi connectivity index (χ0n) is 13.2. The normalized spacial score (nSPS) is 38.2. The van der Waals surface area contributed by atoms with Gasteiger partial charge in [0.2, 0.25) is 0 Å². The molecule has 0 nitrogen and oxygen atoms in total. The van der Waals surface area contributed by atoms with Crippen LogP contribution in [0.2, 0.25) is 0 Å². The Hall–Kier alpha value is -1.66. The van der Waals surface area contributed by atoms with Gasteiger partial charge in [-0.25, -0.2) is 0 Å². The van der Waals surface area contributed by atoms with Gasteiger partial charge in [-0.3, -0.25) is 0 Å². The van der Waals surface area contributed by atoms with E-state index in [1.165, 1.54) is 19.3 Å². The fourth-order valence-electron chi connectivity index (χ4n) is 4.57. The lowest BCUT2D eigenvalue weighted by Gasteiger charge is -2.24. The van der Waals surface area contributed by atoms with E-state index in [-0.39, 0.29) is 16.2 Å². The van der Waals surface area contributed by atoms with Gasteiger partial charge >= 0.3 is 0 Å². The molecule has 0 radical (unpaired) electrons. The van der Waals surface area contributed by atoms with Crippen molar-refractivity contribution in [3.05, 3.63) is 35.9 Å². The second kappa shape index (κ2) is 3.96. The summed E-state index contributed by atoms with van der Waals surface area (Å²) in [6, 6.07) is 10.4. The first-order valence-corrected chi connectivity index (χ1v) is 8.13. The fourth-order valence-corrected chi connectivity index (χ4v) is 4.57. The monoisotopic (exact) mass is 274 g/mol. The van der Waals surface area contributed by atoms with Gasteiger partial charge in [0.1, 0.15) is 0 Å². The molecule has 0 amide bonds. The average Bonchev–Trinajstić information content (AvgIpc) is 3.29. The first-order chi connectivity index (χ1) is 10.0. The highest BCUT2D eigenvalue weighted by atomic mass is 15.0. The molecule has 0 spiro atoms. The van der Waals surface area contributed by atoms with Gasteiger partial charge in [-0.1, -0.05) is 48.3 Å². The predicted molar refractivity (Wildman–Crippen MR) is 86.2 cm³/mol. The highest BCUT2D eigenvalue weighted by Gasteiger charge is 2.97. The van der Waals surface area contributed by atoms with Crippen LogP contribution in [0.4, 0.5) is 0 Å². The molecule has 106 valence electrons.